The van der Waals surface area contributed by atoms with Gasteiger partial charge in [-0.1, -0.05) is 30.6 Å². The first-order valence-corrected chi connectivity index (χ1v) is 8.32. The van der Waals surface area contributed by atoms with Crippen LogP contribution in [0, 0.1) is 5.82 Å². The third-order valence-corrected chi connectivity index (χ3v) is 4.08. The molecular formula is C15H24FN3OS. The van der Waals surface area contributed by atoms with Crippen LogP contribution >= 0.6 is 11.8 Å². The van der Waals surface area contributed by atoms with Crippen molar-refractivity contribution in [2.75, 3.05) is 25.4 Å². The van der Waals surface area contributed by atoms with E-state index < -0.39 is 0 Å². The molecule has 0 atom stereocenters. The zero-order valence-corrected chi connectivity index (χ0v) is 13.3. The Balaban J connectivity index is 2.29. The largest absolute Gasteiger partial charge is 0.409 e. The number of unbranched alkanes of at least 4 members (excludes halogenated alkanes) is 1. The summed E-state index contributed by atoms with van der Waals surface area (Å²) in [5.41, 5.74) is 6.69. The molecule has 0 aliphatic carbocycles. The molecule has 0 aromatic heterocycles. The van der Waals surface area contributed by atoms with Gasteiger partial charge in [0.25, 0.3) is 0 Å². The fraction of sp³-hybridized carbons (Fsp3) is 0.533. The number of thioether (sulfide) groups is 1. The van der Waals surface area contributed by atoms with Crippen molar-refractivity contribution in [2.45, 2.75) is 25.5 Å². The molecule has 4 nitrogen and oxygen atoms in total. The highest BCUT2D eigenvalue weighted by molar-refractivity contribution is 7.98. The van der Waals surface area contributed by atoms with Gasteiger partial charge < -0.3 is 10.9 Å². The van der Waals surface area contributed by atoms with E-state index in [9.17, 15) is 4.39 Å². The van der Waals surface area contributed by atoms with Gasteiger partial charge in [-0.25, -0.2) is 4.39 Å². The molecule has 1 aromatic rings. The van der Waals surface area contributed by atoms with Crippen molar-refractivity contribution in [3.8, 4) is 0 Å². The van der Waals surface area contributed by atoms with Crippen molar-refractivity contribution in [2.24, 2.45) is 10.9 Å². The standard InChI is InChI=1S/C15H24FN3OS/c1-2-3-8-19(11-15(17)18-20)9-10-21-12-13-4-6-14(16)7-5-13/h4-7,20H,2-3,8-12H2,1H3,(H2,17,18). The van der Waals surface area contributed by atoms with Crippen LogP contribution in [0.1, 0.15) is 25.3 Å². The molecule has 1 aromatic carbocycles. The summed E-state index contributed by atoms with van der Waals surface area (Å²) < 4.78 is 12.8. The number of halogens is 1. The number of oxime groups is 1. The molecule has 6 heteroatoms. The lowest BCUT2D eigenvalue weighted by Crippen LogP contribution is -2.36. The molecule has 0 amide bonds. The van der Waals surface area contributed by atoms with Gasteiger partial charge in [0.2, 0.25) is 0 Å². The predicted octanol–water partition coefficient (Wildman–Crippen LogP) is 2.91. The minimum absolute atomic E-state index is 0.201. The Hall–Kier alpha value is -1.27. The molecule has 0 fully saturated rings. The molecule has 3 N–H and O–H groups in total. The van der Waals surface area contributed by atoms with E-state index in [0.29, 0.717) is 6.54 Å². The highest BCUT2D eigenvalue weighted by Crippen LogP contribution is 2.13. The predicted molar refractivity (Wildman–Crippen MR) is 87.3 cm³/mol. The van der Waals surface area contributed by atoms with Crippen molar-refractivity contribution in [3.05, 3.63) is 35.6 Å². The highest BCUT2D eigenvalue weighted by atomic mass is 32.2. The second-order valence-electron chi connectivity index (χ2n) is 4.90. The van der Waals surface area contributed by atoms with Crippen LogP contribution in [0.3, 0.4) is 0 Å². The molecule has 0 unspecified atom stereocenters. The van der Waals surface area contributed by atoms with Gasteiger partial charge in [-0.05, 0) is 30.7 Å². The third kappa shape index (κ3) is 7.92. The first-order chi connectivity index (χ1) is 10.2. The van der Waals surface area contributed by atoms with Crippen LogP contribution in [0.2, 0.25) is 0 Å². The molecule has 118 valence electrons. The smallest absolute Gasteiger partial charge is 0.153 e. The summed E-state index contributed by atoms with van der Waals surface area (Å²) in [6, 6.07) is 6.60. The van der Waals surface area contributed by atoms with Gasteiger partial charge >= 0.3 is 0 Å². The Bertz CT molecular complexity index is 425. The van der Waals surface area contributed by atoms with Gasteiger partial charge in [0.05, 0.1) is 6.54 Å². The van der Waals surface area contributed by atoms with Crippen LogP contribution in [-0.2, 0) is 5.75 Å². The normalized spacial score (nSPS) is 12.0. The highest BCUT2D eigenvalue weighted by Gasteiger charge is 2.07. The number of nitrogens with two attached hydrogens (primary N) is 1. The van der Waals surface area contributed by atoms with Crippen molar-refractivity contribution in [1.82, 2.24) is 4.90 Å². The maximum atomic E-state index is 12.8. The van der Waals surface area contributed by atoms with Gasteiger partial charge in [-0.2, -0.15) is 11.8 Å². The molecule has 0 radical (unpaired) electrons. The van der Waals surface area contributed by atoms with Gasteiger partial charge in [-0.3, -0.25) is 4.90 Å². The van der Waals surface area contributed by atoms with Crippen molar-refractivity contribution in [1.29, 1.82) is 0 Å². The van der Waals surface area contributed by atoms with Crippen LogP contribution in [0.5, 0.6) is 0 Å². The number of amidine groups is 1. The summed E-state index contributed by atoms with van der Waals surface area (Å²) in [5, 5.41) is 11.7. The van der Waals surface area contributed by atoms with Crippen LogP contribution in [0.4, 0.5) is 4.39 Å². The average molecular weight is 313 g/mol. The van der Waals surface area contributed by atoms with E-state index in [0.717, 1.165) is 43.0 Å². The van der Waals surface area contributed by atoms with Gasteiger partial charge in [0.15, 0.2) is 5.84 Å². The van der Waals surface area contributed by atoms with E-state index in [2.05, 4.69) is 17.0 Å². The molecule has 0 spiro atoms. The summed E-state index contributed by atoms with van der Waals surface area (Å²) in [7, 11) is 0. The number of benzene rings is 1. The molecule has 1 rings (SSSR count). The fourth-order valence-electron chi connectivity index (χ4n) is 1.88. The molecular weight excluding hydrogens is 289 g/mol. The molecule has 0 saturated carbocycles. The van der Waals surface area contributed by atoms with E-state index in [1.165, 1.54) is 12.1 Å². The summed E-state index contributed by atoms with van der Waals surface area (Å²) in [6.45, 7) is 4.48. The van der Waals surface area contributed by atoms with E-state index >= 15 is 0 Å². The first kappa shape index (κ1) is 17.8. The quantitative estimate of drug-likeness (QED) is 0.229. The molecule has 0 aliphatic rings. The SMILES string of the molecule is CCCCN(CCSCc1ccc(F)cc1)CC(N)=NO. The maximum Gasteiger partial charge on any atom is 0.153 e. The minimum Gasteiger partial charge on any atom is -0.409 e. The van der Waals surface area contributed by atoms with Crippen molar-refractivity contribution in [3.63, 3.8) is 0 Å². The summed E-state index contributed by atoms with van der Waals surface area (Å²) in [5.74, 6) is 1.87. The van der Waals surface area contributed by atoms with Gasteiger partial charge in [-0.15, -0.1) is 0 Å². The number of hydrogen-bond acceptors (Lipinski definition) is 4. The topological polar surface area (TPSA) is 61.8 Å². The van der Waals surface area contributed by atoms with Crippen molar-refractivity contribution < 1.29 is 9.60 Å². The molecule has 0 aliphatic heterocycles. The lowest BCUT2D eigenvalue weighted by molar-refractivity contribution is 0.297. The maximum absolute atomic E-state index is 12.8. The lowest BCUT2D eigenvalue weighted by atomic mass is 10.2. The average Bonchev–Trinajstić information content (AvgIpc) is 2.50. The number of nitrogens with zero attached hydrogens (tertiary/aromatic N) is 2. The molecule has 0 heterocycles. The molecule has 0 bridgehead atoms. The van der Waals surface area contributed by atoms with Gasteiger partial charge in [0, 0.05) is 18.1 Å². The minimum atomic E-state index is -0.201. The van der Waals surface area contributed by atoms with Crippen LogP contribution in [-0.4, -0.2) is 41.3 Å². The number of rotatable bonds is 10. The summed E-state index contributed by atoms with van der Waals surface area (Å²) in [4.78, 5) is 2.19. The van der Waals surface area contributed by atoms with Crippen molar-refractivity contribution >= 4 is 17.6 Å². The zero-order valence-electron chi connectivity index (χ0n) is 12.5. The Labute approximate surface area is 130 Å². The second kappa shape index (κ2) is 10.5. The zero-order chi connectivity index (χ0) is 15.5. The first-order valence-electron chi connectivity index (χ1n) is 7.16. The molecule has 0 saturated heterocycles. The Morgan fingerprint density at radius 3 is 2.67 bits per heavy atom. The summed E-state index contributed by atoms with van der Waals surface area (Å²) in [6.07, 6.45) is 2.22. The lowest BCUT2D eigenvalue weighted by Gasteiger charge is -2.21. The van der Waals surface area contributed by atoms with Crippen LogP contribution < -0.4 is 5.73 Å². The van der Waals surface area contributed by atoms with E-state index in [1.54, 1.807) is 11.8 Å². The Morgan fingerprint density at radius 2 is 2.05 bits per heavy atom. The second-order valence-corrected chi connectivity index (χ2v) is 6.01. The third-order valence-electron chi connectivity index (χ3n) is 3.08. The van der Waals surface area contributed by atoms with Crippen LogP contribution in [0.25, 0.3) is 0 Å². The monoisotopic (exact) mass is 313 g/mol. The molecule has 21 heavy (non-hydrogen) atoms. The van der Waals surface area contributed by atoms with E-state index in [-0.39, 0.29) is 11.7 Å². The number of hydrogen-bond donors (Lipinski definition) is 2. The Morgan fingerprint density at radius 1 is 1.33 bits per heavy atom. The fourth-order valence-corrected chi connectivity index (χ4v) is 2.84. The van der Waals surface area contributed by atoms with Crippen LogP contribution in [0.15, 0.2) is 29.4 Å². The Kier molecular flexibility index (Phi) is 8.85. The van der Waals surface area contributed by atoms with E-state index in [4.69, 9.17) is 10.9 Å². The summed E-state index contributed by atoms with van der Waals surface area (Å²) >= 11 is 1.80. The van der Waals surface area contributed by atoms with Gasteiger partial charge in [0.1, 0.15) is 5.82 Å². The van der Waals surface area contributed by atoms with E-state index in [1.807, 2.05) is 12.1 Å².